The number of aromatic nitrogens is 3. The number of nitrogens with one attached hydrogen (secondary N) is 1. The molecule has 5 heteroatoms. The minimum Gasteiger partial charge on any atom is -0.308 e. The summed E-state index contributed by atoms with van der Waals surface area (Å²) in [6, 6.07) is 8.89. The number of rotatable bonds is 5. The van der Waals surface area contributed by atoms with Crippen LogP contribution in [0.15, 0.2) is 34.9 Å². The first kappa shape index (κ1) is 11.9. The Morgan fingerprint density at radius 1 is 1.33 bits per heavy atom. The lowest BCUT2D eigenvalue weighted by atomic mass is 10.2. The lowest BCUT2D eigenvalue weighted by molar-refractivity contribution is 0.645. The lowest BCUT2D eigenvalue weighted by Gasteiger charge is -2.03. The number of nitrogens with zero attached hydrogens (tertiary/aromatic N) is 3. The van der Waals surface area contributed by atoms with Crippen LogP contribution in [-0.4, -0.2) is 21.0 Å². The highest BCUT2D eigenvalue weighted by Gasteiger charge is 2.20. The van der Waals surface area contributed by atoms with Gasteiger partial charge in [0.05, 0.1) is 18.4 Å². The van der Waals surface area contributed by atoms with Crippen molar-refractivity contribution in [2.75, 3.05) is 0 Å². The first-order valence-corrected chi connectivity index (χ1v) is 6.96. The third-order valence-corrected chi connectivity index (χ3v) is 3.80. The topological polar surface area (TPSA) is 42.7 Å². The molecule has 0 atom stereocenters. The molecule has 0 aliphatic heterocycles. The molecule has 0 amide bonds. The molecular weight excluding hydrogens is 292 g/mol. The largest absolute Gasteiger partial charge is 0.308 e. The van der Waals surface area contributed by atoms with Gasteiger partial charge in [-0.1, -0.05) is 39.3 Å². The van der Waals surface area contributed by atoms with E-state index in [9.17, 15) is 0 Å². The summed E-state index contributed by atoms with van der Waals surface area (Å²) in [4.78, 5) is 0. The Balaban J connectivity index is 1.63. The maximum absolute atomic E-state index is 4.18. The number of hydrogen-bond acceptors (Lipinski definition) is 3. The van der Waals surface area contributed by atoms with Gasteiger partial charge in [0.1, 0.15) is 0 Å². The van der Waals surface area contributed by atoms with Gasteiger partial charge in [0.2, 0.25) is 0 Å². The molecule has 2 aromatic rings. The predicted molar refractivity (Wildman–Crippen MR) is 73.1 cm³/mol. The second-order valence-electron chi connectivity index (χ2n) is 4.65. The van der Waals surface area contributed by atoms with Gasteiger partial charge in [0.25, 0.3) is 0 Å². The van der Waals surface area contributed by atoms with Crippen LogP contribution in [0.5, 0.6) is 0 Å². The van der Waals surface area contributed by atoms with E-state index in [2.05, 4.69) is 37.6 Å². The summed E-state index contributed by atoms with van der Waals surface area (Å²) in [6.07, 6.45) is 4.60. The summed E-state index contributed by atoms with van der Waals surface area (Å²) in [6.45, 7) is 1.57. The monoisotopic (exact) mass is 306 g/mol. The average Bonchev–Trinajstić information content (AvgIpc) is 3.10. The summed E-state index contributed by atoms with van der Waals surface area (Å²) in [5.74, 6) is 0. The highest BCUT2D eigenvalue weighted by Crippen LogP contribution is 2.19. The van der Waals surface area contributed by atoms with Crippen molar-refractivity contribution in [2.24, 2.45) is 0 Å². The van der Waals surface area contributed by atoms with Gasteiger partial charge in [0, 0.05) is 17.1 Å². The second-order valence-corrected chi connectivity index (χ2v) is 5.51. The normalized spacial score (nSPS) is 14.9. The van der Waals surface area contributed by atoms with Crippen LogP contribution in [0.1, 0.15) is 24.1 Å². The van der Waals surface area contributed by atoms with Gasteiger partial charge in [-0.25, -0.2) is 4.68 Å². The molecule has 4 nitrogen and oxygen atoms in total. The Labute approximate surface area is 115 Å². The fraction of sp³-hybridized carbons (Fsp3) is 0.385. The summed E-state index contributed by atoms with van der Waals surface area (Å²) in [5, 5.41) is 11.8. The Kier molecular flexibility index (Phi) is 3.43. The fourth-order valence-corrected chi connectivity index (χ4v) is 2.24. The summed E-state index contributed by atoms with van der Waals surface area (Å²) in [5.41, 5.74) is 2.22. The highest BCUT2D eigenvalue weighted by molar-refractivity contribution is 9.10. The van der Waals surface area contributed by atoms with Crippen molar-refractivity contribution in [3.05, 3.63) is 46.2 Å². The minimum absolute atomic E-state index is 0.707. The maximum Gasteiger partial charge on any atom is 0.0965 e. The predicted octanol–water partition coefficient (Wildman–Crippen LogP) is 2.34. The molecule has 94 valence electrons. The quantitative estimate of drug-likeness (QED) is 0.922. The molecule has 0 saturated heterocycles. The molecule has 0 radical (unpaired) electrons. The summed E-state index contributed by atoms with van der Waals surface area (Å²) >= 11 is 3.54. The highest BCUT2D eigenvalue weighted by atomic mass is 79.9. The molecule has 0 spiro atoms. The standard InChI is InChI=1S/C13H15BrN4/c14-13-4-2-1-3-10(13)8-18-9-12(16-17-18)7-15-11-5-6-11/h1-4,9,11,15H,5-8H2. The van der Waals surface area contributed by atoms with Crippen LogP contribution in [0, 0.1) is 0 Å². The number of hydrogen-bond donors (Lipinski definition) is 1. The smallest absolute Gasteiger partial charge is 0.0965 e. The summed E-state index contributed by atoms with van der Waals surface area (Å²) < 4.78 is 2.99. The molecule has 1 N–H and O–H groups in total. The van der Waals surface area contributed by atoms with Crippen LogP contribution in [0.3, 0.4) is 0 Å². The van der Waals surface area contributed by atoms with Gasteiger partial charge < -0.3 is 5.32 Å². The number of halogens is 1. The zero-order chi connectivity index (χ0) is 12.4. The van der Waals surface area contributed by atoms with Crippen molar-refractivity contribution in [2.45, 2.75) is 32.0 Å². The summed E-state index contributed by atoms with van der Waals surface area (Å²) in [7, 11) is 0. The Hall–Kier alpha value is -1.20. The molecular formula is C13H15BrN4. The van der Waals surface area contributed by atoms with E-state index in [0.717, 1.165) is 23.3 Å². The Morgan fingerprint density at radius 3 is 2.94 bits per heavy atom. The zero-order valence-electron chi connectivity index (χ0n) is 10.0. The molecule has 3 rings (SSSR count). The van der Waals surface area contributed by atoms with Crippen LogP contribution in [0.4, 0.5) is 0 Å². The van der Waals surface area contributed by atoms with Crippen LogP contribution in [-0.2, 0) is 13.1 Å². The zero-order valence-corrected chi connectivity index (χ0v) is 11.6. The van der Waals surface area contributed by atoms with Crippen molar-refractivity contribution in [3.8, 4) is 0 Å². The van der Waals surface area contributed by atoms with E-state index >= 15 is 0 Å². The lowest BCUT2D eigenvalue weighted by Crippen LogP contribution is -2.15. The van der Waals surface area contributed by atoms with Crippen molar-refractivity contribution in [1.29, 1.82) is 0 Å². The molecule has 1 aromatic heterocycles. The molecule has 1 fully saturated rings. The van der Waals surface area contributed by atoms with Gasteiger partial charge in [0.15, 0.2) is 0 Å². The SMILES string of the molecule is Brc1ccccc1Cn1cc(CNC2CC2)nn1. The van der Waals surface area contributed by atoms with E-state index in [4.69, 9.17) is 0 Å². The second kappa shape index (κ2) is 5.20. The van der Waals surface area contributed by atoms with Crippen LogP contribution >= 0.6 is 15.9 Å². The van der Waals surface area contributed by atoms with Gasteiger partial charge in [-0.2, -0.15) is 0 Å². The average molecular weight is 307 g/mol. The van der Waals surface area contributed by atoms with Gasteiger partial charge in [-0.05, 0) is 24.5 Å². The third kappa shape index (κ3) is 2.97. The van der Waals surface area contributed by atoms with Crippen molar-refractivity contribution in [1.82, 2.24) is 20.3 Å². The first-order valence-electron chi connectivity index (χ1n) is 6.17. The van der Waals surface area contributed by atoms with E-state index in [-0.39, 0.29) is 0 Å². The van der Waals surface area contributed by atoms with E-state index in [1.54, 1.807) is 0 Å². The van der Waals surface area contributed by atoms with Crippen LogP contribution < -0.4 is 5.32 Å². The fourth-order valence-electron chi connectivity index (χ4n) is 1.83. The van der Waals surface area contributed by atoms with E-state index < -0.39 is 0 Å². The van der Waals surface area contributed by atoms with Gasteiger partial charge in [-0.3, -0.25) is 0 Å². The molecule has 1 aliphatic rings. The number of benzene rings is 1. The first-order chi connectivity index (χ1) is 8.81. The van der Waals surface area contributed by atoms with Crippen molar-refractivity contribution in [3.63, 3.8) is 0 Å². The Bertz CT molecular complexity index is 533. The molecule has 1 aromatic carbocycles. The minimum atomic E-state index is 0.707. The molecule has 1 heterocycles. The van der Waals surface area contributed by atoms with E-state index in [1.807, 2.05) is 29.1 Å². The van der Waals surface area contributed by atoms with Crippen molar-refractivity contribution < 1.29 is 0 Å². The maximum atomic E-state index is 4.18. The molecule has 1 saturated carbocycles. The molecule has 0 unspecified atom stereocenters. The van der Waals surface area contributed by atoms with Gasteiger partial charge >= 0.3 is 0 Å². The van der Waals surface area contributed by atoms with E-state index in [0.29, 0.717) is 6.04 Å². The third-order valence-electron chi connectivity index (χ3n) is 3.03. The Morgan fingerprint density at radius 2 is 2.17 bits per heavy atom. The molecule has 18 heavy (non-hydrogen) atoms. The molecule has 1 aliphatic carbocycles. The molecule has 0 bridgehead atoms. The van der Waals surface area contributed by atoms with Gasteiger partial charge in [-0.15, -0.1) is 5.10 Å². The van der Waals surface area contributed by atoms with Crippen LogP contribution in [0.25, 0.3) is 0 Å². The van der Waals surface area contributed by atoms with Crippen LogP contribution in [0.2, 0.25) is 0 Å². The van der Waals surface area contributed by atoms with E-state index in [1.165, 1.54) is 18.4 Å². The van der Waals surface area contributed by atoms with Crippen molar-refractivity contribution >= 4 is 15.9 Å².